The molecule has 0 saturated carbocycles. The second-order valence-electron chi connectivity index (χ2n) is 4.37. The molecule has 3 rings (SSSR count). The van der Waals surface area contributed by atoms with Crippen LogP contribution in [0.2, 0.25) is 0 Å². The fourth-order valence-electron chi connectivity index (χ4n) is 2.20. The summed E-state index contributed by atoms with van der Waals surface area (Å²) in [4.78, 5) is 2.11. The molecule has 1 aliphatic heterocycles. The lowest BCUT2D eigenvalue weighted by Crippen LogP contribution is -2.27. The quantitative estimate of drug-likeness (QED) is 0.864. The van der Waals surface area contributed by atoms with E-state index in [0.717, 1.165) is 15.9 Å². The largest absolute Gasteiger partial charge is 0.313 e. The van der Waals surface area contributed by atoms with Crippen LogP contribution in [0.5, 0.6) is 0 Å². The molecule has 0 bridgehead atoms. The van der Waals surface area contributed by atoms with Gasteiger partial charge in [-0.25, -0.2) is 0 Å². The van der Waals surface area contributed by atoms with E-state index >= 15 is 0 Å². The molecule has 0 aromatic heterocycles. The van der Waals surface area contributed by atoms with Gasteiger partial charge in [0.25, 0.3) is 0 Å². The lowest BCUT2D eigenvalue weighted by atomic mass is 10.2. The van der Waals surface area contributed by atoms with Gasteiger partial charge in [-0.05, 0) is 29.8 Å². The Labute approximate surface area is 125 Å². The number of nitrogens with zero attached hydrogens (tertiary/aromatic N) is 1. The minimum atomic E-state index is 0.197. The molecule has 1 atom stereocenters. The number of hydrogen-bond acceptors (Lipinski definition) is 2. The molecule has 1 heterocycles. The molecular weight excluding hydrogens is 320 g/mol. The van der Waals surface area contributed by atoms with Crippen molar-refractivity contribution in [1.29, 1.82) is 5.41 Å². The van der Waals surface area contributed by atoms with Crippen LogP contribution in [0, 0.1) is 5.41 Å². The predicted octanol–water partition coefficient (Wildman–Crippen LogP) is 4.68. The lowest BCUT2D eigenvalue weighted by molar-refractivity contribution is 0.988. The summed E-state index contributed by atoms with van der Waals surface area (Å²) in [6.45, 7) is 0. The topological polar surface area (TPSA) is 27.1 Å². The summed E-state index contributed by atoms with van der Waals surface area (Å²) in [6.07, 6.45) is 0. The van der Waals surface area contributed by atoms with Crippen molar-refractivity contribution in [2.45, 2.75) is 5.37 Å². The lowest BCUT2D eigenvalue weighted by Gasteiger charge is -2.25. The molecule has 4 heteroatoms. The third kappa shape index (κ3) is 2.55. The van der Waals surface area contributed by atoms with Crippen molar-refractivity contribution in [2.75, 3.05) is 10.7 Å². The maximum atomic E-state index is 8.16. The first kappa shape index (κ1) is 12.8. The van der Waals surface area contributed by atoms with E-state index in [1.54, 1.807) is 11.8 Å². The van der Waals surface area contributed by atoms with Crippen LogP contribution in [-0.2, 0) is 0 Å². The Morgan fingerprint density at radius 2 is 1.74 bits per heavy atom. The van der Waals surface area contributed by atoms with E-state index < -0.39 is 0 Å². The normalized spacial score (nSPS) is 18.9. The minimum absolute atomic E-state index is 0.197. The third-order valence-corrected chi connectivity index (χ3v) is 4.86. The molecule has 2 nitrogen and oxygen atoms in total. The Kier molecular flexibility index (Phi) is 3.62. The van der Waals surface area contributed by atoms with Gasteiger partial charge in [-0.15, -0.1) is 11.8 Å². The fourth-order valence-corrected chi connectivity index (χ4v) is 3.66. The number of para-hydroxylation sites is 1. The van der Waals surface area contributed by atoms with Gasteiger partial charge in [0.05, 0.1) is 5.75 Å². The Hall–Kier alpha value is -1.26. The number of thioether (sulfide) groups is 1. The molecule has 1 unspecified atom stereocenters. The molecule has 1 saturated heterocycles. The average Bonchev–Trinajstić information content (AvgIpc) is 2.82. The van der Waals surface area contributed by atoms with Crippen LogP contribution in [0.4, 0.5) is 5.69 Å². The number of nitrogens with one attached hydrogen (secondary N) is 1. The molecule has 0 spiro atoms. The van der Waals surface area contributed by atoms with E-state index in [-0.39, 0.29) is 5.37 Å². The van der Waals surface area contributed by atoms with E-state index in [0.29, 0.717) is 5.84 Å². The number of amidine groups is 1. The van der Waals surface area contributed by atoms with Gasteiger partial charge in [0.15, 0.2) is 0 Å². The van der Waals surface area contributed by atoms with Crippen LogP contribution in [0.15, 0.2) is 59.1 Å². The van der Waals surface area contributed by atoms with E-state index in [4.69, 9.17) is 5.41 Å². The fraction of sp³-hybridized carbons (Fsp3) is 0.133. The van der Waals surface area contributed by atoms with Crippen molar-refractivity contribution < 1.29 is 0 Å². The second-order valence-corrected chi connectivity index (χ2v) is 6.35. The van der Waals surface area contributed by atoms with Crippen molar-refractivity contribution >= 4 is 39.2 Å². The van der Waals surface area contributed by atoms with Gasteiger partial charge in [0.2, 0.25) is 0 Å². The van der Waals surface area contributed by atoms with Gasteiger partial charge in [0, 0.05) is 10.2 Å². The molecule has 0 aliphatic carbocycles. The van der Waals surface area contributed by atoms with Crippen LogP contribution >= 0.6 is 27.7 Å². The maximum absolute atomic E-state index is 8.16. The van der Waals surface area contributed by atoms with Gasteiger partial charge in [0.1, 0.15) is 11.2 Å². The number of rotatable bonds is 2. The molecule has 1 N–H and O–H groups in total. The Morgan fingerprint density at radius 3 is 2.42 bits per heavy atom. The minimum Gasteiger partial charge on any atom is -0.313 e. The van der Waals surface area contributed by atoms with Crippen molar-refractivity contribution in [1.82, 2.24) is 0 Å². The summed E-state index contributed by atoms with van der Waals surface area (Å²) >= 11 is 5.26. The van der Waals surface area contributed by atoms with Crippen molar-refractivity contribution in [3.8, 4) is 0 Å². The van der Waals surface area contributed by atoms with E-state index in [1.165, 1.54) is 5.56 Å². The van der Waals surface area contributed by atoms with Crippen molar-refractivity contribution in [3.05, 3.63) is 64.6 Å². The molecule has 19 heavy (non-hydrogen) atoms. The monoisotopic (exact) mass is 332 g/mol. The Bertz CT molecular complexity index is 583. The van der Waals surface area contributed by atoms with Crippen LogP contribution in [0.25, 0.3) is 0 Å². The van der Waals surface area contributed by atoms with Gasteiger partial charge in [-0.1, -0.05) is 46.3 Å². The molecular formula is C15H13BrN2S. The molecule has 96 valence electrons. The zero-order chi connectivity index (χ0) is 13.2. The van der Waals surface area contributed by atoms with Crippen molar-refractivity contribution in [3.63, 3.8) is 0 Å². The number of anilines is 1. The van der Waals surface area contributed by atoms with Gasteiger partial charge >= 0.3 is 0 Å². The Balaban J connectivity index is 1.97. The van der Waals surface area contributed by atoms with E-state index in [2.05, 4.69) is 57.2 Å². The summed E-state index contributed by atoms with van der Waals surface area (Å²) in [6, 6.07) is 18.5. The second kappa shape index (κ2) is 5.39. The van der Waals surface area contributed by atoms with Crippen LogP contribution in [-0.4, -0.2) is 11.6 Å². The molecule has 1 aliphatic rings. The highest BCUT2D eigenvalue weighted by molar-refractivity contribution is 9.10. The third-order valence-electron chi connectivity index (χ3n) is 3.09. The van der Waals surface area contributed by atoms with Crippen molar-refractivity contribution in [2.24, 2.45) is 0 Å². The number of halogens is 1. The summed E-state index contributed by atoms with van der Waals surface area (Å²) in [5.41, 5.74) is 2.32. The first-order valence-corrected chi connectivity index (χ1v) is 7.88. The average molecular weight is 333 g/mol. The standard InChI is InChI=1S/C15H13BrN2S/c16-12-8-6-11(7-9-12)15-18(14(17)10-19-15)13-4-2-1-3-5-13/h1-9,15,17H,10H2. The highest BCUT2D eigenvalue weighted by atomic mass is 79.9. The SMILES string of the molecule is N=C1CSC(c2ccc(Br)cc2)N1c1ccccc1. The summed E-state index contributed by atoms with van der Waals surface area (Å²) in [7, 11) is 0. The first-order chi connectivity index (χ1) is 9.25. The number of benzene rings is 2. The zero-order valence-electron chi connectivity index (χ0n) is 10.2. The molecule has 2 aromatic rings. The van der Waals surface area contributed by atoms with E-state index in [1.807, 2.05) is 18.2 Å². The predicted molar refractivity (Wildman–Crippen MR) is 86.0 cm³/mol. The first-order valence-electron chi connectivity index (χ1n) is 6.04. The zero-order valence-corrected chi connectivity index (χ0v) is 12.6. The van der Waals surface area contributed by atoms with Crippen LogP contribution < -0.4 is 4.90 Å². The van der Waals surface area contributed by atoms with Gasteiger partial charge in [-0.3, -0.25) is 5.41 Å². The Morgan fingerprint density at radius 1 is 1.05 bits per heavy atom. The highest BCUT2D eigenvalue weighted by Gasteiger charge is 2.31. The van der Waals surface area contributed by atoms with Crippen LogP contribution in [0.1, 0.15) is 10.9 Å². The number of hydrogen-bond donors (Lipinski definition) is 1. The highest BCUT2D eigenvalue weighted by Crippen LogP contribution is 2.41. The molecule has 0 amide bonds. The summed E-state index contributed by atoms with van der Waals surface area (Å²) in [5, 5.41) is 8.36. The van der Waals surface area contributed by atoms with E-state index in [9.17, 15) is 0 Å². The maximum Gasteiger partial charge on any atom is 0.112 e. The molecule has 0 radical (unpaired) electrons. The smallest absolute Gasteiger partial charge is 0.112 e. The molecule has 2 aromatic carbocycles. The summed E-state index contributed by atoms with van der Waals surface area (Å²) < 4.78 is 1.08. The van der Waals surface area contributed by atoms with Gasteiger partial charge in [-0.2, -0.15) is 0 Å². The summed E-state index contributed by atoms with van der Waals surface area (Å²) in [5.74, 6) is 1.43. The molecule has 1 fully saturated rings. The van der Waals surface area contributed by atoms with Crippen LogP contribution in [0.3, 0.4) is 0 Å². The van der Waals surface area contributed by atoms with Gasteiger partial charge < -0.3 is 4.90 Å².